The number of anilines is 6. The van der Waals surface area contributed by atoms with Crippen molar-refractivity contribution in [2.75, 3.05) is 92.8 Å². The Balaban J connectivity index is 1.06. The first-order valence-electron chi connectivity index (χ1n) is 20.0. The Morgan fingerprint density at radius 2 is 1.69 bits per heavy atom. The van der Waals surface area contributed by atoms with E-state index in [9.17, 15) is 24.0 Å². The number of carbonyl (C=O) groups is 2. The quantitative estimate of drug-likeness (QED) is 0.0517. The Labute approximate surface area is 356 Å². The van der Waals surface area contributed by atoms with Gasteiger partial charge in [-0.2, -0.15) is 20.2 Å². The van der Waals surface area contributed by atoms with Crippen LogP contribution in [-0.2, 0) is 32.0 Å². The third kappa shape index (κ3) is 11.7. The number of piperazine rings is 1. The summed E-state index contributed by atoms with van der Waals surface area (Å²) in [5.74, 6) is -0.887. The summed E-state index contributed by atoms with van der Waals surface area (Å²) in [6.45, 7) is 3.92. The van der Waals surface area contributed by atoms with Crippen LogP contribution in [0.3, 0.4) is 0 Å². The molecule has 62 heavy (non-hydrogen) atoms. The van der Waals surface area contributed by atoms with Crippen molar-refractivity contribution < 1.29 is 28.2 Å². The minimum absolute atomic E-state index is 0.00896. The summed E-state index contributed by atoms with van der Waals surface area (Å²) in [5.41, 5.74) is 3.68. The number of aromatic nitrogens is 5. The van der Waals surface area contributed by atoms with Gasteiger partial charge in [0.2, 0.25) is 17.8 Å². The van der Waals surface area contributed by atoms with Gasteiger partial charge in [0.05, 0.1) is 49.4 Å². The topological polar surface area (TPSA) is 237 Å². The molecule has 4 heterocycles. The molecule has 2 aliphatic heterocycles. The van der Waals surface area contributed by atoms with Crippen LogP contribution in [0.2, 0.25) is 0 Å². The predicted molar refractivity (Wildman–Crippen MR) is 227 cm³/mol. The van der Waals surface area contributed by atoms with E-state index in [1.54, 1.807) is 42.3 Å². The number of aromatic amines is 1. The van der Waals surface area contributed by atoms with Gasteiger partial charge in [-0.25, -0.2) is 14.2 Å². The Hall–Kier alpha value is -7.21. The van der Waals surface area contributed by atoms with E-state index in [1.165, 1.54) is 24.5 Å². The number of methoxy groups -OCH3 is 1. The lowest BCUT2D eigenvalue weighted by Gasteiger charge is -2.34. The van der Waals surface area contributed by atoms with Gasteiger partial charge in [-0.05, 0) is 53.6 Å². The lowest BCUT2D eigenvalue weighted by Crippen LogP contribution is -2.49. The van der Waals surface area contributed by atoms with Crippen molar-refractivity contribution in [2.45, 2.75) is 25.2 Å². The first-order chi connectivity index (χ1) is 30.2. The van der Waals surface area contributed by atoms with Crippen LogP contribution in [0.4, 0.5) is 39.3 Å². The fraction of sp³-hybridized carbons (Fsp3) is 0.333. The van der Waals surface area contributed by atoms with E-state index in [-0.39, 0.29) is 61.7 Å². The molecule has 1 unspecified atom stereocenters. The van der Waals surface area contributed by atoms with Gasteiger partial charge < -0.3 is 50.7 Å². The number of fused-ring (bicyclic) bond motifs is 1. The van der Waals surface area contributed by atoms with Crippen molar-refractivity contribution in [3.8, 4) is 6.07 Å². The Morgan fingerprint density at radius 1 is 0.919 bits per heavy atom. The molecule has 0 aliphatic carbocycles. The molecular formula is C42H46FN13O6. The molecule has 1 amide bonds. The fourth-order valence-electron chi connectivity index (χ4n) is 6.79. The summed E-state index contributed by atoms with van der Waals surface area (Å²) in [5, 5.41) is 25.5. The molecule has 0 saturated carbocycles. The number of nitrogens with zero attached hydrogens (tertiary/aromatic N) is 7. The van der Waals surface area contributed by atoms with Crippen molar-refractivity contribution in [1.29, 1.82) is 5.26 Å². The monoisotopic (exact) mass is 847 g/mol. The molecular weight excluding hydrogens is 802 g/mol. The minimum Gasteiger partial charge on any atom is -0.462 e. The van der Waals surface area contributed by atoms with Crippen LogP contribution in [0.15, 0.2) is 83.9 Å². The molecule has 3 aromatic carbocycles. The number of carbonyl (C=O) groups excluding carboxylic acids is 2. The summed E-state index contributed by atoms with van der Waals surface area (Å²) >= 11 is 0. The van der Waals surface area contributed by atoms with Gasteiger partial charge in [0.15, 0.2) is 5.69 Å². The molecule has 19 nitrogen and oxygen atoms in total. The highest BCUT2D eigenvalue weighted by molar-refractivity contribution is 5.92. The molecule has 322 valence electrons. The van der Waals surface area contributed by atoms with Crippen LogP contribution in [0.25, 0.3) is 0 Å². The number of nitriles is 1. The van der Waals surface area contributed by atoms with Crippen LogP contribution in [0.1, 0.15) is 27.2 Å². The zero-order valence-electron chi connectivity index (χ0n) is 33.9. The highest BCUT2D eigenvalue weighted by Crippen LogP contribution is 2.29. The molecule has 0 spiro atoms. The first kappa shape index (κ1) is 42.9. The highest BCUT2D eigenvalue weighted by atomic mass is 19.1. The maximum Gasteiger partial charge on any atom is 0.329 e. The molecule has 7 rings (SSSR count). The standard InChI is InChI=1S/C42H46FN13O6/c1-60-17-18-61-19-20-62-39(59)34(22-27-5-7-28(24-44)8-6-27)51-42-53-40(47-25-35-49-32-10-9-30(43)23-33(32)50-35)52-41(54-42)48-31-4-2-3-29(21-31)26-55-13-15-56(16-14-55)38(58)36-37(57)46-12-11-45-36/h2-12,21,23,34-35,49-50H,13-20,22,25-26H2,1H3,(H,46,57)(H3,47,48,51,52,53,54)/t34-,35?/m0/s1. The van der Waals surface area contributed by atoms with Gasteiger partial charge in [-0.1, -0.05) is 24.3 Å². The number of ether oxygens (including phenoxy) is 3. The van der Waals surface area contributed by atoms with Crippen molar-refractivity contribution in [3.63, 3.8) is 0 Å². The van der Waals surface area contributed by atoms with E-state index in [4.69, 9.17) is 14.2 Å². The van der Waals surface area contributed by atoms with E-state index in [0.717, 1.165) is 16.8 Å². The Morgan fingerprint density at radius 3 is 2.48 bits per heavy atom. The number of hydrogen-bond acceptors (Lipinski definition) is 17. The second-order valence-electron chi connectivity index (χ2n) is 14.4. The van der Waals surface area contributed by atoms with E-state index in [0.29, 0.717) is 62.9 Å². The number of H-pyrrole nitrogens is 1. The molecule has 1 saturated heterocycles. The lowest BCUT2D eigenvalue weighted by molar-refractivity contribution is -0.146. The normalized spacial score (nSPS) is 15.0. The van der Waals surface area contributed by atoms with E-state index >= 15 is 0 Å². The molecule has 0 radical (unpaired) electrons. The van der Waals surface area contributed by atoms with Crippen LogP contribution >= 0.6 is 0 Å². The number of benzene rings is 3. The van der Waals surface area contributed by atoms with Crippen LogP contribution in [0, 0.1) is 17.1 Å². The van der Waals surface area contributed by atoms with Gasteiger partial charge in [-0.15, -0.1) is 0 Å². The Kier molecular flexibility index (Phi) is 14.4. The number of amides is 1. The number of halogens is 1. The largest absolute Gasteiger partial charge is 0.462 e. The molecule has 0 bridgehead atoms. The summed E-state index contributed by atoms with van der Waals surface area (Å²) in [4.78, 5) is 62.9. The van der Waals surface area contributed by atoms with Crippen molar-refractivity contribution in [1.82, 2.24) is 34.7 Å². The van der Waals surface area contributed by atoms with Gasteiger partial charge in [0.1, 0.15) is 24.6 Å². The molecule has 20 heteroatoms. The average molecular weight is 848 g/mol. The zero-order chi connectivity index (χ0) is 43.3. The highest BCUT2D eigenvalue weighted by Gasteiger charge is 2.26. The fourth-order valence-corrected chi connectivity index (χ4v) is 6.79. The van der Waals surface area contributed by atoms with Crippen LogP contribution in [0.5, 0.6) is 0 Å². The summed E-state index contributed by atoms with van der Waals surface area (Å²) in [7, 11) is 1.57. The average Bonchev–Trinajstić information content (AvgIpc) is 3.69. The van der Waals surface area contributed by atoms with E-state index in [2.05, 4.69) is 62.5 Å². The SMILES string of the molecule is COCCOCCOC(=O)[C@H](Cc1ccc(C#N)cc1)Nc1nc(NCC2Nc3ccc(F)cc3N2)nc(Nc2cccc(CN3CCN(C(=O)c4ncc[nH]c4=O)CC3)c2)n1. The lowest BCUT2D eigenvalue weighted by atomic mass is 10.0. The maximum atomic E-state index is 13.9. The molecule has 6 N–H and O–H groups in total. The van der Waals surface area contributed by atoms with Gasteiger partial charge in [0, 0.05) is 64.3 Å². The second-order valence-corrected chi connectivity index (χ2v) is 14.4. The summed E-state index contributed by atoms with van der Waals surface area (Å²) < 4.78 is 30.0. The molecule has 2 aliphatic rings. The predicted octanol–water partition coefficient (Wildman–Crippen LogP) is 3.17. The second kappa shape index (κ2) is 20.9. The van der Waals surface area contributed by atoms with Crippen molar-refractivity contribution in [2.24, 2.45) is 0 Å². The van der Waals surface area contributed by atoms with Gasteiger partial charge in [-0.3, -0.25) is 14.5 Å². The van der Waals surface area contributed by atoms with Gasteiger partial charge in [0.25, 0.3) is 11.5 Å². The molecule has 5 aromatic rings. The third-order valence-corrected chi connectivity index (χ3v) is 9.91. The smallest absolute Gasteiger partial charge is 0.329 e. The van der Waals surface area contributed by atoms with E-state index in [1.807, 2.05) is 24.3 Å². The van der Waals surface area contributed by atoms with Crippen LogP contribution < -0.4 is 32.1 Å². The zero-order valence-corrected chi connectivity index (χ0v) is 33.9. The minimum atomic E-state index is -0.948. The third-order valence-electron chi connectivity index (χ3n) is 9.91. The van der Waals surface area contributed by atoms with Crippen molar-refractivity contribution in [3.05, 3.63) is 118 Å². The Bertz CT molecular complexity index is 2420. The number of nitrogens with one attached hydrogen (secondary N) is 6. The molecule has 2 aromatic heterocycles. The number of esters is 1. The summed E-state index contributed by atoms with van der Waals surface area (Å²) in [6.07, 6.45) is 2.65. The maximum absolute atomic E-state index is 13.9. The van der Waals surface area contributed by atoms with E-state index < -0.39 is 23.5 Å². The molecule has 1 fully saturated rings. The first-order valence-corrected chi connectivity index (χ1v) is 20.0. The van der Waals surface area contributed by atoms with Gasteiger partial charge >= 0.3 is 5.97 Å². The summed E-state index contributed by atoms with van der Waals surface area (Å²) in [6, 6.07) is 20.2. The van der Waals surface area contributed by atoms with Crippen LogP contribution in [-0.4, -0.2) is 125 Å². The number of rotatable bonds is 19. The number of hydrogen-bond donors (Lipinski definition) is 6. The molecule has 2 atom stereocenters. The van der Waals surface area contributed by atoms with Crippen molar-refractivity contribution >= 4 is 46.8 Å².